The fraction of sp³-hybridized carbons (Fsp3) is 0.545. The third kappa shape index (κ3) is 2.17. The number of rotatable bonds is 2. The van der Waals surface area contributed by atoms with Crippen LogP contribution >= 0.6 is 11.3 Å². The van der Waals surface area contributed by atoms with E-state index >= 15 is 0 Å². The first-order chi connectivity index (χ1) is 8.04. The Morgan fingerprint density at radius 2 is 2.41 bits per heavy atom. The monoisotopic (exact) mass is 253 g/mol. The topological polar surface area (TPSA) is 71.1 Å². The molecule has 0 bridgehead atoms. The van der Waals surface area contributed by atoms with Gasteiger partial charge in [0.25, 0.3) is 0 Å². The number of piperidine rings is 1. The molecule has 1 fully saturated rings. The largest absolute Gasteiger partial charge is 0.355 e. The zero-order valence-electron chi connectivity index (χ0n) is 9.87. The lowest BCUT2D eigenvalue weighted by molar-refractivity contribution is -0.141. The molecular weight excluding hydrogens is 238 g/mol. The van der Waals surface area contributed by atoms with E-state index in [1.54, 1.807) is 12.4 Å². The maximum Gasteiger partial charge on any atom is 0.240 e. The van der Waals surface area contributed by atoms with E-state index in [1.807, 2.05) is 6.92 Å². The van der Waals surface area contributed by atoms with Crippen molar-refractivity contribution in [3.8, 4) is 0 Å². The van der Waals surface area contributed by atoms with Crippen LogP contribution in [-0.2, 0) is 9.59 Å². The smallest absolute Gasteiger partial charge is 0.240 e. The number of nitrogens with zero attached hydrogens (tertiary/aromatic N) is 1. The van der Waals surface area contributed by atoms with Crippen molar-refractivity contribution in [1.82, 2.24) is 10.3 Å². The Hall–Kier alpha value is -1.43. The van der Waals surface area contributed by atoms with Gasteiger partial charge < -0.3 is 10.6 Å². The van der Waals surface area contributed by atoms with Crippen molar-refractivity contribution in [1.29, 1.82) is 0 Å². The summed E-state index contributed by atoms with van der Waals surface area (Å²) < 4.78 is 0. The number of amides is 2. The molecule has 1 aromatic heterocycles. The van der Waals surface area contributed by atoms with Gasteiger partial charge in [-0.1, -0.05) is 0 Å². The van der Waals surface area contributed by atoms with E-state index in [1.165, 1.54) is 11.3 Å². The summed E-state index contributed by atoms with van der Waals surface area (Å²) in [5.41, 5.74) is 1.49. The molecule has 2 amide bonds. The maximum atomic E-state index is 12.2. The lowest BCUT2D eigenvalue weighted by Crippen LogP contribution is -2.50. The molecule has 2 rings (SSSR count). The molecular formula is C11H15N3O2S. The first-order valence-electron chi connectivity index (χ1n) is 5.54. The van der Waals surface area contributed by atoms with E-state index in [0.29, 0.717) is 13.0 Å². The second-order valence-corrected chi connectivity index (χ2v) is 5.27. The zero-order valence-corrected chi connectivity index (χ0v) is 10.7. The van der Waals surface area contributed by atoms with Crippen LogP contribution in [0.25, 0.3) is 0 Å². The highest BCUT2D eigenvalue weighted by molar-refractivity contribution is 7.14. The van der Waals surface area contributed by atoms with Crippen LogP contribution in [0.4, 0.5) is 5.00 Å². The number of anilines is 1. The van der Waals surface area contributed by atoms with Crippen molar-refractivity contribution in [2.24, 2.45) is 5.41 Å². The van der Waals surface area contributed by atoms with Crippen molar-refractivity contribution >= 4 is 28.2 Å². The number of carbonyl (C=O) groups is 2. The lowest BCUT2D eigenvalue weighted by atomic mass is 9.81. The molecule has 92 valence electrons. The van der Waals surface area contributed by atoms with Gasteiger partial charge in [0.15, 0.2) is 0 Å². The van der Waals surface area contributed by atoms with Gasteiger partial charge in [-0.15, -0.1) is 11.3 Å². The SMILES string of the molecule is Cc1ncsc1NC(=O)C1(C)CCCNC1=O. The van der Waals surface area contributed by atoms with Gasteiger partial charge in [-0.3, -0.25) is 9.59 Å². The summed E-state index contributed by atoms with van der Waals surface area (Å²) in [6.07, 6.45) is 1.42. The summed E-state index contributed by atoms with van der Waals surface area (Å²) in [7, 11) is 0. The Kier molecular flexibility index (Phi) is 3.15. The Bertz CT molecular complexity index is 457. The molecule has 0 radical (unpaired) electrons. The van der Waals surface area contributed by atoms with Gasteiger partial charge in [-0.2, -0.15) is 0 Å². The minimum Gasteiger partial charge on any atom is -0.355 e. The van der Waals surface area contributed by atoms with Crippen LogP contribution in [0.15, 0.2) is 5.51 Å². The normalized spacial score (nSPS) is 24.2. The van der Waals surface area contributed by atoms with E-state index in [0.717, 1.165) is 17.1 Å². The number of hydrogen-bond donors (Lipinski definition) is 2. The quantitative estimate of drug-likeness (QED) is 0.781. The van der Waals surface area contributed by atoms with Gasteiger partial charge in [0.05, 0.1) is 11.2 Å². The molecule has 2 N–H and O–H groups in total. The van der Waals surface area contributed by atoms with Crippen molar-refractivity contribution in [3.63, 3.8) is 0 Å². The number of hydrogen-bond acceptors (Lipinski definition) is 4. The molecule has 17 heavy (non-hydrogen) atoms. The summed E-state index contributed by atoms with van der Waals surface area (Å²) >= 11 is 1.37. The first kappa shape index (κ1) is 12.0. The average Bonchev–Trinajstić information content (AvgIpc) is 2.69. The Morgan fingerprint density at radius 3 is 3.00 bits per heavy atom. The number of thiazole rings is 1. The van der Waals surface area contributed by atoms with E-state index < -0.39 is 5.41 Å². The molecule has 1 unspecified atom stereocenters. The Balaban J connectivity index is 2.14. The molecule has 0 spiro atoms. The summed E-state index contributed by atoms with van der Waals surface area (Å²) in [6, 6.07) is 0. The predicted octanol–water partition coefficient (Wildman–Crippen LogP) is 1.31. The molecule has 2 heterocycles. The van der Waals surface area contributed by atoms with Crippen molar-refractivity contribution in [3.05, 3.63) is 11.2 Å². The standard InChI is InChI=1S/C11H15N3O2S/c1-7-8(17-6-13-7)14-10(16)11(2)4-3-5-12-9(11)15/h6H,3-5H2,1-2H3,(H,12,15)(H,14,16). The first-order valence-corrected chi connectivity index (χ1v) is 6.42. The third-order valence-electron chi connectivity index (χ3n) is 3.11. The van der Waals surface area contributed by atoms with Crippen LogP contribution in [0.5, 0.6) is 0 Å². The van der Waals surface area contributed by atoms with Gasteiger partial charge in [0.2, 0.25) is 11.8 Å². The minimum atomic E-state index is -0.964. The lowest BCUT2D eigenvalue weighted by Gasteiger charge is -2.30. The van der Waals surface area contributed by atoms with Crippen molar-refractivity contribution in [2.45, 2.75) is 26.7 Å². The number of nitrogens with one attached hydrogen (secondary N) is 2. The Labute approximate surface area is 104 Å². The molecule has 1 atom stereocenters. The highest BCUT2D eigenvalue weighted by Crippen LogP contribution is 2.30. The average molecular weight is 253 g/mol. The summed E-state index contributed by atoms with van der Waals surface area (Å²) in [6.45, 7) is 4.17. The van der Waals surface area contributed by atoms with E-state index in [4.69, 9.17) is 0 Å². The zero-order chi connectivity index (χ0) is 12.5. The summed E-state index contributed by atoms with van der Waals surface area (Å²) in [5.74, 6) is -0.439. The van der Waals surface area contributed by atoms with E-state index in [-0.39, 0.29) is 11.8 Å². The van der Waals surface area contributed by atoms with Crippen molar-refractivity contribution < 1.29 is 9.59 Å². The van der Waals surface area contributed by atoms with Gasteiger partial charge >= 0.3 is 0 Å². The van der Waals surface area contributed by atoms with Gasteiger partial charge in [-0.25, -0.2) is 4.98 Å². The highest BCUT2D eigenvalue weighted by atomic mass is 32.1. The molecule has 6 heteroatoms. The Morgan fingerprint density at radius 1 is 1.65 bits per heavy atom. The molecule has 1 aliphatic heterocycles. The van der Waals surface area contributed by atoms with Crippen LogP contribution < -0.4 is 10.6 Å². The van der Waals surface area contributed by atoms with Gasteiger partial charge in [0, 0.05) is 6.54 Å². The van der Waals surface area contributed by atoms with Crippen molar-refractivity contribution in [2.75, 3.05) is 11.9 Å². The fourth-order valence-corrected chi connectivity index (χ4v) is 2.52. The number of carbonyl (C=O) groups excluding carboxylic acids is 2. The number of aryl methyl sites for hydroxylation is 1. The van der Waals surface area contributed by atoms with Crippen LogP contribution in [0, 0.1) is 12.3 Å². The van der Waals surface area contributed by atoms with Crippen LogP contribution in [0.2, 0.25) is 0 Å². The highest BCUT2D eigenvalue weighted by Gasteiger charge is 2.42. The molecule has 0 saturated carbocycles. The predicted molar refractivity (Wildman–Crippen MR) is 65.8 cm³/mol. The fourth-order valence-electron chi connectivity index (χ4n) is 1.83. The minimum absolute atomic E-state index is 0.191. The maximum absolute atomic E-state index is 12.2. The molecule has 5 nitrogen and oxygen atoms in total. The molecule has 1 aliphatic rings. The van der Waals surface area contributed by atoms with E-state index in [2.05, 4.69) is 15.6 Å². The molecule has 0 aliphatic carbocycles. The van der Waals surface area contributed by atoms with E-state index in [9.17, 15) is 9.59 Å². The molecule has 0 aromatic carbocycles. The third-order valence-corrected chi connectivity index (χ3v) is 3.96. The van der Waals surface area contributed by atoms with Gasteiger partial charge in [-0.05, 0) is 26.7 Å². The summed E-state index contributed by atoms with van der Waals surface area (Å²) in [4.78, 5) is 28.0. The second-order valence-electron chi connectivity index (χ2n) is 4.41. The van der Waals surface area contributed by atoms with Crippen LogP contribution in [0.3, 0.4) is 0 Å². The van der Waals surface area contributed by atoms with Crippen LogP contribution in [0.1, 0.15) is 25.5 Å². The molecule has 1 saturated heterocycles. The van der Waals surface area contributed by atoms with Crippen LogP contribution in [-0.4, -0.2) is 23.3 Å². The summed E-state index contributed by atoms with van der Waals surface area (Å²) in [5, 5.41) is 6.24. The number of aromatic nitrogens is 1. The molecule has 1 aromatic rings. The van der Waals surface area contributed by atoms with Gasteiger partial charge in [0.1, 0.15) is 10.4 Å². The second kappa shape index (κ2) is 4.44.